The Balaban J connectivity index is 2.18. The SMILES string of the molecule is Cc1ccc(S(C)(=O)=O)cc1NC(=O)[C@H]1CCCCN1. The molecule has 0 bridgehead atoms. The third-order valence-corrected chi connectivity index (χ3v) is 4.63. The van der Waals surface area contributed by atoms with E-state index in [0.717, 1.165) is 37.6 Å². The first-order valence-electron chi connectivity index (χ1n) is 6.73. The van der Waals surface area contributed by atoms with Crippen molar-refractivity contribution in [1.82, 2.24) is 5.32 Å². The molecule has 2 rings (SSSR count). The van der Waals surface area contributed by atoms with Gasteiger partial charge in [-0.3, -0.25) is 4.79 Å². The van der Waals surface area contributed by atoms with Gasteiger partial charge in [0.1, 0.15) is 0 Å². The summed E-state index contributed by atoms with van der Waals surface area (Å²) in [7, 11) is -3.27. The molecule has 0 radical (unpaired) electrons. The fourth-order valence-corrected chi connectivity index (χ4v) is 2.91. The lowest BCUT2D eigenvalue weighted by atomic mass is 10.0. The lowest BCUT2D eigenvalue weighted by molar-refractivity contribution is -0.118. The maximum Gasteiger partial charge on any atom is 0.241 e. The summed E-state index contributed by atoms with van der Waals surface area (Å²) in [6, 6.07) is 4.59. The highest BCUT2D eigenvalue weighted by molar-refractivity contribution is 7.90. The van der Waals surface area contributed by atoms with Gasteiger partial charge in [-0.25, -0.2) is 8.42 Å². The zero-order chi connectivity index (χ0) is 14.8. The third-order valence-electron chi connectivity index (χ3n) is 3.52. The standard InChI is InChI=1S/C14H20N2O3S/c1-10-6-7-11(20(2,18)19)9-13(10)16-14(17)12-5-3-4-8-15-12/h6-7,9,12,15H,3-5,8H2,1-2H3,(H,16,17)/t12-/m1/s1. The first kappa shape index (κ1) is 15.0. The highest BCUT2D eigenvalue weighted by atomic mass is 32.2. The van der Waals surface area contributed by atoms with Gasteiger partial charge in [0.2, 0.25) is 5.91 Å². The van der Waals surface area contributed by atoms with Gasteiger partial charge in [-0.1, -0.05) is 12.5 Å². The molecule has 6 heteroatoms. The Morgan fingerprint density at radius 3 is 2.70 bits per heavy atom. The predicted molar refractivity (Wildman–Crippen MR) is 78.6 cm³/mol. The summed E-state index contributed by atoms with van der Waals surface area (Å²) in [6.45, 7) is 2.69. The summed E-state index contributed by atoms with van der Waals surface area (Å²) in [5.41, 5.74) is 1.41. The highest BCUT2D eigenvalue weighted by Crippen LogP contribution is 2.21. The number of nitrogens with one attached hydrogen (secondary N) is 2. The molecule has 1 fully saturated rings. The van der Waals surface area contributed by atoms with Gasteiger partial charge in [0.15, 0.2) is 9.84 Å². The molecule has 1 aliphatic heterocycles. The normalized spacial score (nSPS) is 19.6. The Bertz CT molecular complexity index is 605. The lowest BCUT2D eigenvalue weighted by Crippen LogP contribution is -2.43. The third kappa shape index (κ3) is 3.58. The molecular weight excluding hydrogens is 276 g/mol. The van der Waals surface area contributed by atoms with Crippen molar-refractivity contribution in [3.8, 4) is 0 Å². The first-order valence-corrected chi connectivity index (χ1v) is 8.62. The maximum atomic E-state index is 12.2. The molecule has 1 aromatic rings. The minimum Gasteiger partial charge on any atom is -0.324 e. The second-order valence-corrected chi connectivity index (χ2v) is 7.26. The number of benzene rings is 1. The van der Waals surface area contributed by atoms with Crippen molar-refractivity contribution in [1.29, 1.82) is 0 Å². The van der Waals surface area contributed by atoms with Crippen LogP contribution in [0.2, 0.25) is 0 Å². The molecule has 0 saturated carbocycles. The zero-order valence-corrected chi connectivity index (χ0v) is 12.6. The van der Waals surface area contributed by atoms with Crippen LogP contribution in [0.5, 0.6) is 0 Å². The molecule has 0 spiro atoms. The molecule has 1 amide bonds. The predicted octanol–water partition coefficient (Wildman–Crippen LogP) is 1.48. The number of hydrogen-bond donors (Lipinski definition) is 2. The summed E-state index contributed by atoms with van der Waals surface area (Å²) in [5, 5.41) is 6.00. The van der Waals surface area contributed by atoms with Gasteiger partial charge in [-0.05, 0) is 44.0 Å². The second-order valence-electron chi connectivity index (χ2n) is 5.24. The van der Waals surface area contributed by atoms with Crippen LogP contribution < -0.4 is 10.6 Å². The van der Waals surface area contributed by atoms with Crippen molar-refractivity contribution in [3.05, 3.63) is 23.8 Å². The zero-order valence-electron chi connectivity index (χ0n) is 11.8. The van der Waals surface area contributed by atoms with Crippen molar-refractivity contribution in [2.45, 2.75) is 37.1 Å². The maximum absolute atomic E-state index is 12.2. The van der Waals surface area contributed by atoms with Crippen LogP contribution in [0.25, 0.3) is 0 Å². The van der Waals surface area contributed by atoms with Crippen LogP contribution >= 0.6 is 0 Å². The molecule has 110 valence electrons. The van der Waals surface area contributed by atoms with Gasteiger partial charge in [-0.15, -0.1) is 0 Å². The Morgan fingerprint density at radius 2 is 2.10 bits per heavy atom. The van der Waals surface area contributed by atoms with E-state index in [0.29, 0.717) is 5.69 Å². The molecule has 1 aliphatic rings. The van der Waals surface area contributed by atoms with E-state index in [2.05, 4.69) is 10.6 Å². The van der Waals surface area contributed by atoms with Crippen LogP contribution in [0.1, 0.15) is 24.8 Å². The molecular formula is C14H20N2O3S. The van der Waals surface area contributed by atoms with Crippen LogP contribution in [-0.4, -0.2) is 33.2 Å². The average Bonchev–Trinajstić information content (AvgIpc) is 2.41. The van der Waals surface area contributed by atoms with E-state index in [1.165, 1.54) is 6.07 Å². The van der Waals surface area contributed by atoms with E-state index in [9.17, 15) is 13.2 Å². The number of rotatable bonds is 3. The Kier molecular flexibility index (Phi) is 4.45. The molecule has 1 saturated heterocycles. The highest BCUT2D eigenvalue weighted by Gasteiger charge is 2.21. The average molecular weight is 296 g/mol. The summed E-state index contributed by atoms with van der Waals surface area (Å²) in [6.07, 6.45) is 4.10. The molecule has 1 aromatic carbocycles. The molecule has 0 aliphatic carbocycles. The first-order chi connectivity index (χ1) is 9.38. The number of carbonyl (C=O) groups is 1. The van der Waals surface area contributed by atoms with Crippen molar-refractivity contribution < 1.29 is 13.2 Å². The minimum absolute atomic E-state index is 0.0987. The lowest BCUT2D eigenvalue weighted by Gasteiger charge is -2.23. The fraction of sp³-hybridized carbons (Fsp3) is 0.500. The van der Waals surface area contributed by atoms with Gasteiger partial charge >= 0.3 is 0 Å². The van der Waals surface area contributed by atoms with Gasteiger partial charge in [0.25, 0.3) is 0 Å². The largest absolute Gasteiger partial charge is 0.324 e. The number of amides is 1. The number of aryl methyl sites for hydroxylation is 1. The summed E-state index contributed by atoms with van der Waals surface area (Å²) in [4.78, 5) is 12.4. The van der Waals surface area contributed by atoms with Crippen LogP contribution in [0.4, 0.5) is 5.69 Å². The number of sulfone groups is 1. The van der Waals surface area contributed by atoms with Crippen LogP contribution in [0.3, 0.4) is 0 Å². The van der Waals surface area contributed by atoms with Gasteiger partial charge in [0, 0.05) is 11.9 Å². The molecule has 0 aromatic heterocycles. The summed E-state index contributed by atoms with van der Waals surface area (Å²) < 4.78 is 23.1. The molecule has 2 N–H and O–H groups in total. The van der Waals surface area contributed by atoms with E-state index >= 15 is 0 Å². The van der Waals surface area contributed by atoms with Crippen molar-refractivity contribution in [2.24, 2.45) is 0 Å². The minimum atomic E-state index is -3.27. The number of anilines is 1. The Morgan fingerprint density at radius 1 is 1.35 bits per heavy atom. The Labute approximate surface area is 119 Å². The second kappa shape index (κ2) is 5.93. The van der Waals surface area contributed by atoms with Crippen molar-refractivity contribution in [2.75, 3.05) is 18.1 Å². The summed E-state index contributed by atoms with van der Waals surface area (Å²) in [5.74, 6) is -0.0987. The van der Waals surface area contributed by atoms with Crippen LogP contribution in [0, 0.1) is 6.92 Å². The molecule has 5 nitrogen and oxygen atoms in total. The summed E-state index contributed by atoms with van der Waals surface area (Å²) >= 11 is 0. The van der Waals surface area contributed by atoms with E-state index in [4.69, 9.17) is 0 Å². The van der Waals surface area contributed by atoms with Crippen molar-refractivity contribution in [3.63, 3.8) is 0 Å². The van der Waals surface area contributed by atoms with Gasteiger partial charge in [0.05, 0.1) is 10.9 Å². The van der Waals surface area contributed by atoms with Crippen LogP contribution in [0.15, 0.2) is 23.1 Å². The van der Waals surface area contributed by atoms with Crippen molar-refractivity contribution >= 4 is 21.4 Å². The quantitative estimate of drug-likeness (QED) is 0.886. The number of hydrogen-bond acceptors (Lipinski definition) is 4. The van der Waals surface area contributed by atoms with Crippen LogP contribution in [-0.2, 0) is 14.6 Å². The monoisotopic (exact) mass is 296 g/mol. The number of piperidine rings is 1. The molecule has 1 heterocycles. The van der Waals surface area contributed by atoms with E-state index in [-0.39, 0.29) is 16.8 Å². The molecule has 20 heavy (non-hydrogen) atoms. The molecule has 0 unspecified atom stereocenters. The number of carbonyl (C=O) groups excluding carboxylic acids is 1. The topological polar surface area (TPSA) is 75.3 Å². The molecule has 1 atom stereocenters. The van der Waals surface area contributed by atoms with Gasteiger partial charge < -0.3 is 10.6 Å². The van der Waals surface area contributed by atoms with Gasteiger partial charge in [-0.2, -0.15) is 0 Å². The Hall–Kier alpha value is -1.40. The van der Waals surface area contributed by atoms with E-state index in [1.54, 1.807) is 12.1 Å². The van der Waals surface area contributed by atoms with E-state index < -0.39 is 9.84 Å². The van der Waals surface area contributed by atoms with E-state index in [1.807, 2.05) is 6.92 Å². The fourth-order valence-electron chi connectivity index (χ4n) is 2.26. The smallest absolute Gasteiger partial charge is 0.241 e.